The molecule has 0 atom stereocenters. The van der Waals surface area contributed by atoms with Crippen LogP contribution >= 0.6 is 0 Å². The van der Waals surface area contributed by atoms with Crippen molar-refractivity contribution in [1.82, 2.24) is 15.5 Å². The molecule has 0 fully saturated rings. The topological polar surface area (TPSA) is 104 Å². The molecule has 0 saturated heterocycles. The van der Waals surface area contributed by atoms with Gasteiger partial charge in [0, 0.05) is 12.2 Å². The zero-order valence-corrected chi connectivity index (χ0v) is 12.6. The molecule has 2 rings (SSSR count). The van der Waals surface area contributed by atoms with Gasteiger partial charge in [0.25, 0.3) is 15.9 Å². The van der Waals surface area contributed by atoms with E-state index < -0.39 is 21.7 Å². The molecule has 3 N–H and O–H groups in total. The van der Waals surface area contributed by atoms with Gasteiger partial charge < -0.3 is 5.32 Å². The van der Waals surface area contributed by atoms with E-state index in [1.165, 1.54) is 12.1 Å². The van der Waals surface area contributed by atoms with Gasteiger partial charge in [-0.1, -0.05) is 6.92 Å². The second-order valence-electron chi connectivity index (χ2n) is 4.48. The van der Waals surface area contributed by atoms with Crippen molar-refractivity contribution >= 4 is 21.6 Å². The molecule has 0 radical (unpaired) electrons. The zero-order valence-electron chi connectivity index (χ0n) is 11.8. The Kier molecular flexibility index (Phi) is 4.76. The van der Waals surface area contributed by atoms with E-state index in [9.17, 15) is 17.6 Å². The number of amides is 1. The third kappa shape index (κ3) is 3.61. The molecule has 0 aliphatic carbocycles. The van der Waals surface area contributed by atoms with Gasteiger partial charge in [0.15, 0.2) is 5.03 Å². The number of nitrogens with zero attached hydrogens (tertiary/aromatic N) is 1. The van der Waals surface area contributed by atoms with Crippen molar-refractivity contribution in [3.8, 4) is 0 Å². The number of aromatic nitrogens is 2. The summed E-state index contributed by atoms with van der Waals surface area (Å²) >= 11 is 0. The number of anilines is 1. The fraction of sp³-hybridized carbons (Fsp3) is 0.231. The van der Waals surface area contributed by atoms with Crippen LogP contribution in [0.2, 0.25) is 0 Å². The van der Waals surface area contributed by atoms with Crippen molar-refractivity contribution in [3.05, 3.63) is 41.8 Å². The first-order chi connectivity index (χ1) is 10.4. The van der Waals surface area contributed by atoms with E-state index in [-0.39, 0.29) is 16.3 Å². The molecule has 118 valence electrons. The first-order valence-electron chi connectivity index (χ1n) is 6.54. The standard InChI is InChI=1S/C13H15FN4O3S/c1-2-7-15-12(19)11-8-16-17-13(11)22(20,21)18-10-5-3-9(14)4-6-10/h3-6,8,18H,2,7H2,1H3,(H,15,19)(H,16,17). The molecule has 0 unspecified atom stereocenters. The smallest absolute Gasteiger partial charge is 0.279 e. The summed E-state index contributed by atoms with van der Waals surface area (Å²) in [4.78, 5) is 11.9. The molecular weight excluding hydrogens is 311 g/mol. The van der Waals surface area contributed by atoms with E-state index in [0.717, 1.165) is 24.8 Å². The van der Waals surface area contributed by atoms with Crippen molar-refractivity contribution < 1.29 is 17.6 Å². The molecule has 0 saturated carbocycles. The van der Waals surface area contributed by atoms with Crippen molar-refractivity contribution in [1.29, 1.82) is 0 Å². The summed E-state index contributed by atoms with van der Waals surface area (Å²) in [6, 6.07) is 4.81. The van der Waals surface area contributed by atoms with Gasteiger partial charge in [0.1, 0.15) is 5.82 Å². The highest BCUT2D eigenvalue weighted by molar-refractivity contribution is 7.92. The maximum Gasteiger partial charge on any atom is 0.279 e. The van der Waals surface area contributed by atoms with Crippen LogP contribution in [0.25, 0.3) is 0 Å². The van der Waals surface area contributed by atoms with E-state index in [1.54, 1.807) is 0 Å². The Balaban J connectivity index is 2.25. The number of sulfonamides is 1. The van der Waals surface area contributed by atoms with Crippen LogP contribution in [0.15, 0.2) is 35.5 Å². The average molecular weight is 326 g/mol. The maximum atomic E-state index is 12.8. The van der Waals surface area contributed by atoms with Crippen molar-refractivity contribution in [2.24, 2.45) is 0 Å². The molecule has 0 aliphatic heterocycles. The number of nitrogens with one attached hydrogen (secondary N) is 3. The van der Waals surface area contributed by atoms with Crippen LogP contribution in [0.4, 0.5) is 10.1 Å². The molecule has 0 bridgehead atoms. The molecule has 1 aromatic carbocycles. The number of halogens is 1. The van der Waals surface area contributed by atoms with Crippen LogP contribution in [-0.2, 0) is 10.0 Å². The Bertz CT molecular complexity index is 756. The molecule has 0 aliphatic rings. The van der Waals surface area contributed by atoms with Crippen molar-refractivity contribution in [3.63, 3.8) is 0 Å². The number of hydrogen-bond donors (Lipinski definition) is 3. The summed E-state index contributed by atoms with van der Waals surface area (Å²) in [5.41, 5.74) is 0.0963. The van der Waals surface area contributed by atoms with Gasteiger partial charge in [-0.25, -0.2) is 4.39 Å². The summed E-state index contributed by atoms with van der Waals surface area (Å²) in [6.45, 7) is 2.30. The zero-order chi connectivity index (χ0) is 16.2. The highest BCUT2D eigenvalue weighted by atomic mass is 32.2. The van der Waals surface area contributed by atoms with E-state index in [1.807, 2.05) is 6.92 Å². The van der Waals surface area contributed by atoms with Gasteiger partial charge in [-0.2, -0.15) is 13.5 Å². The third-order valence-electron chi connectivity index (χ3n) is 2.75. The average Bonchev–Trinajstić information content (AvgIpc) is 2.97. The van der Waals surface area contributed by atoms with Gasteiger partial charge in [0.05, 0.1) is 11.8 Å². The lowest BCUT2D eigenvalue weighted by Crippen LogP contribution is -2.26. The Hall–Kier alpha value is -2.42. The number of carbonyl (C=O) groups excluding carboxylic acids is 1. The van der Waals surface area contributed by atoms with Crippen LogP contribution in [0.1, 0.15) is 23.7 Å². The quantitative estimate of drug-likeness (QED) is 0.748. The Labute approximate surface area is 127 Å². The van der Waals surface area contributed by atoms with Gasteiger partial charge in [0.2, 0.25) is 0 Å². The maximum absolute atomic E-state index is 12.8. The summed E-state index contributed by atoms with van der Waals surface area (Å²) < 4.78 is 39.7. The monoisotopic (exact) mass is 326 g/mol. The van der Waals surface area contributed by atoms with Gasteiger partial charge >= 0.3 is 0 Å². The second-order valence-corrected chi connectivity index (χ2v) is 6.10. The summed E-state index contributed by atoms with van der Waals surface area (Å²) in [5.74, 6) is -1.01. The minimum absolute atomic E-state index is 0.0805. The van der Waals surface area contributed by atoms with Crippen LogP contribution in [0, 0.1) is 5.82 Å². The number of benzene rings is 1. The fourth-order valence-electron chi connectivity index (χ4n) is 1.70. The van der Waals surface area contributed by atoms with Gasteiger partial charge in [-0.3, -0.25) is 14.6 Å². The lowest BCUT2D eigenvalue weighted by atomic mass is 10.3. The number of H-pyrrole nitrogens is 1. The van der Waals surface area contributed by atoms with Crippen LogP contribution in [-0.4, -0.2) is 31.1 Å². The van der Waals surface area contributed by atoms with E-state index >= 15 is 0 Å². The summed E-state index contributed by atoms with van der Waals surface area (Å²) in [7, 11) is -4.03. The Morgan fingerprint density at radius 3 is 2.64 bits per heavy atom. The first-order valence-corrected chi connectivity index (χ1v) is 8.02. The number of rotatable bonds is 6. The van der Waals surface area contributed by atoms with Crippen LogP contribution < -0.4 is 10.0 Å². The predicted octanol–water partition coefficient (Wildman–Crippen LogP) is 1.49. The lowest BCUT2D eigenvalue weighted by molar-refractivity contribution is 0.0950. The molecular formula is C13H15FN4O3S. The minimum atomic E-state index is -4.03. The third-order valence-corrected chi connectivity index (χ3v) is 4.10. The van der Waals surface area contributed by atoms with Crippen molar-refractivity contribution in [2.45, 2.75) is 18.4 Å². The lowest BCUT2D eigenvalue weighted by Gasteiger charge is -2.08. The Morgan fingerprint density at radius 2 is 2.00 bits per heavy atom. The molecule has 1 heterocycles. The van der Waals surface area contributed by atoms with E-state index in [0.29, 0.717) is 6.54 Å². The minimum Gasteiger partial charge on any atom is -0.352 e. The predicted molar refractivity (Wildman–Crippen MR) is 78.4 cm³/mol. The molecule has 1 aromatic heterocycles. The van der Waals surface area contributed by atoms with Crippen LogP contribution in [0.5, 0.6) is 0 Å². The number of aromatic amines is 1. The molecule has 7 nitrogen and oxygen atoms in total. The highest BCUT2D eigenvalue weighted by Gasteiger charge is 2.25. The number of carbonyl (C=O) groups is 1. The van der Waals surface area contributed by atoms with Crippen LogP contribution in [0.3, 0.4) is 0 Å². The SMILES string of the molecule is CCCNC(=O)c1cn[nH]c1S(=O)(=O)Nc1ccc(F)cc1. The molecule has 2 aromatic rings. The molecule has 9 heteroatoms. The molecule has 22 heavy (non-hydrogen) atoms. The fourth-order valence-corrected chi connectivity index (χ4v) is 2.86. The van der Waals surface area contributed by atoms with Gasteiger partial charge in [-0.15, -0.1) is 0 Å². The largest absolute Gasteiger partial charge is 0.352 e. The molecule has 1 amide bonds. The normalized spacial score (nSPS) is 11.2. The first kappa shape index (κ1) is 16.0. The highest BCUT2D eigenvalue weighted by Crippen LogP contribution is 2.17. The Morgan fingerprint density at radius 1 is 1.32 bits per heavy atom. The second kappa shape index (κ2) is 6.56. The van der Waals surface area contributed by atoms with E-state index in [2.05, 4.69) is 20.2 Å². The summed E-state index contributed by atoms with van der Waals surface area (Å²) in [5, 5.41) is 8.14. The molecule has 0 spiro atoms. The van der Waals surface area contributed by atoms with E-state index in [4.69, 9.17) is 0 Å². The summed E-state index contributed by atoms with van der Waals surface area (Å²) in [6.07, 6.45) is 1.86. The van der Waals surface area contributed by atoms with Gasteiger partial charge in [-0.05, 0) is 30.7 Å². The number of hydrogen-bond acceptors (Lipinski definition) is 4. The van der Waals surface area contributed by atoms with Crippen molar-refractivity contribution in [2.75, 3.05) is 11.3 Å².